The molecule has 0 saturated carbocycles. The normalized spacial score (nSPS) is 11.2. The van der Waals surface area contributed by atoms with Crippen LogP contribution in [-0.4, -0.2) is 12.9 Å². The van der Waals surface area contributed by atoms with E-state index in [0.717, 1.165) is 12.7 Å². The molecule has 0 radical (unpaired) electrons. The number of hydrogen-bond donors (Lipinski definition) is 0. The third-order valence-electron chi connectivity index (χ3n) is 2.24. The van der Waals surface area contributed by atoms with E-state index in [0.29, 0.717) is 22.9 Å². The summed E-state index contributed by atoms with van der Waals surface area (Å²) in [5.74, 6) is 0.562. The lowest BCUT2D eigenvalue weighted by molar-refractivity contribution is 0.111. The van der Waals surface area contributed by atoms with Crippen molar-refractivity contribution in [2.75, 3.05) is 6.61 Å². The summed E-state index contributed by atoms with van der Waals surface area (Å²) in [6, 6.07) is 5.22. The van der Waals surface area contributed by atoms with Gasteiger partial charge in [0.15, 0.2) is 6.29 Å². The second-order valence-corrected chi connectivity index (χ2v) is 5.34. The number of carbonyl (C=O) groups excluding carboxylic acids is 1. The summed E-state index contributed by atoms with van der Waals surface area (Å²) in [5.41, 5.74) is 0.651. The minimum atomic E-state index is 0.222. The zero-order chi connectivity index (χ0) is 12.2. The quantitative estimate of drug-likeness (QED) is 0.745. The van der Waals surface area contributed by atoms with Gasteiger partial charge in [-0.2, -0.15) is 0 Å². The monoisotopic (exact) mass is 240 g/mol. The maximum absolute atomic E-state index is 10.8. The van der Waals surface area contributed by atoms with Gasteiger partial charge < -0.3 is 4.74 Å². The van der Waals surface area contributed by atoms with Crippen molar-refractivity contribution in [2.45, 2.75) is 27.2 Å². The van der Waals surface area contributed by atoms with E-state index in [4.69, 9.17) is 16.3 Å². The minimum absolute atomic E-state index is 0.222. The maximum Gasteiger partial charge on any atom is 0.155 e. The molecule has 0 heterocycles. The molecule has 0 unspecified atom stereocenters. The van der Waals surface area contributed by atoms with Gasteiger partial charge in [-0.1, -0.05) is 38.4 Å². The van der Waals surface area contributed by atoms with Crippen molar-refractivity contribution >= 4 is 17.9 Å². The van der Waals surface area contributed by atoms with Gasteiger partial charge in [0.25, 0.3) is 0 Å². The molecule has 16 heavy (non-hydrogen) atoms. The third kappa shape index (κ3) is 3.86. The molecule has 0 saturated heterocycles. The first-order valence-corrected chi connectivity index (χ1v) is 5.68. The first-order chi connectivity index (χ1) is 7.44. The number of halogens is 1. The lowest BCUT2D eigenvalue weighted by atomic mass is 9.93. The molecule has 0 aromatic heterocycles. The summed E-state index contributed by atoms with van der Waals surface area (Å²) in [5, 5.41) is 0.434. The Labute approximate surface area is 102 Å². The number of rotatable bonds is 4. The van der Waals surface area contributed by atoms with Crippen molar-refractivity contribution in [2.24, 2.45) is 5.41 Å². The molecule has 0 fully saturated rings. The summed E-state index contributed by atoms with van der Waals surface area (Å²) < 4.78 is 5.57. The van der Waals surface area contributed by atoms with Gasteiger partial charge in [0.1, 0.15) is 5.75 Å². The van der Waals surface area contributed by atoms with Gasteiger partial charge in [0.2, 0.25) is 0 Å². The molecular formula is C13H17ClO2. The van der Waals surface area contributed by atoms with E-state index in [2.05, 4.69) is 20.8 Å². The second-order valence-electron chi connectivity index (χ2n) is 4.93. The number of aldehydes is 1. The van der Waals surface area contributed by atoms with Crippen LogP contribution < -0.4 is 4.74 Å². The Bertz CT molecular complexity index is 367. The SMILES string of the molecule is CC(C)(C)CCOc1cccc(Cl)c1C=O. The van der Waals surface area contributed by atoms with Crippen LogP contribution in [0.5, 0.6) is 5.75 Å². The lowest BCUT2D eigenvalue weighted by Crippen LogP contribution is -2.11. The van der Waals surface area contributed by atoms with Gasteiger partial charge in [-0.3, -0.25) is 4.79 Å². The van der Waals surface area contributed by atoms with Gasteiger partial charge >= 0.3 is 0 Å². The van der Waals surface area contributed by atoms with Crippen LogP contribution >= 0.6 is 11.6 Å². The number of carbonyl (C=O) groups is 1. The van der Waals surface area contributed by atoms with Gasteiger partial charge in [-0.15, -0.1) is 0 Å². The van der Waals surface area contributed by atoms with Crippen LogP contribution in [0.1, 0.15) is 37.6 Å². The number of ether oxygens (including phenoxy) is 1. The highest BCUT2D eigenvalue weighted by Gasteiger charge is 2.11. The van der Waals surface area contributed by atoms with Crippen molar-refractivity contribution in [1.29, 1.82) is 0 Å². The smallest absolute Gasteiger partial charge is 0.155 e. The molecule has 1 aromatic carbocycles. The fraction of sp³-hybridized carbons (Fsp3) is 0.462. The van der Waals surface area contributed by atoms with Crippen molar-refractivity contribution < 1.29 is 9.53 Å². The molecule has 1 aromatic rings. The van der Waals surface area contributed by atoms with Crippen LogP contribution in [0.4, 0.5) is 0 Å². The maximum atomic E-state index is 10.8. The summed E-state index contributed by atoms with van der Waals surface area (Å²) in [7, 11) is 0. The van der Waals surface area contributed by atoms with Crippen molar-refractivity contribution in [3.05, 3.63) is 28.8 Å². The molecule has 0 N–H and O–H groups in total. The Balaban J connectivity index is 2.67. The zero-order valence-electron chi connectivity index (χ0n) is 9.92. The van der Waals surface area contributed by atoms with Gasteiger partial charge in [-0.25, -0.2) is 0 Å². The van der Waals surface area contributed by atoms with E-state index >= 15 is 0 Å². The predicted octanol–water partition coefficient (Wildman–Crippen LogP) is 3.97. The average Bonchev–Trinajstić information content (AvgIpc) is 2.16. The first kappa shape index (κ1) is 13.0. The van der Waals surface area contributed by atoms with Crippen LogP contribution in [0.25, 0.3) is 0 Å². The lowest BCUT2D eigenvalue weighted by Gasteiger charge is -2.18. The molecule has 3 heteroatoms. The Morgan fingerprint density at radius 3 is 2.62 bits per heavy atom. The summed E-state index contributed by atoms with van der Waals surface area (Å²) in [4.78, 5) is 10.8. The molecule has 0 aliphatic carbocycles. The molecule has 88 valence electrons. The first-order valence-electron chi connectivity index (χ1n) is 5.30. The van der Waals surface area contributed by atoms with E-state index in [9.17, 15) is 4.79 Å². The standard InChI is InChI=1S/C13H17ClO2/c1-13(2,3)7-8-16-12-6-4-5-11(14)10(12)9-15/h4-6,9H,7-8H2,1-3H3. The Morgan fingerprint density at radius 2 is 2.06 bits per heavy atom. The minimum Gasteiger partial charge on any atom is -0.493 e. The molecule has 0 spiro atoms. The number of benzene rings is 1. The van der Waals surface area contributed by atoms with Crippen molar-refractivity contribution in [1.82, 2.24) is 0 Å². The molecule has 0 amide bonds. The highest BCUT2D eigenvalue weighted by Crippen LogP contribution is 2.26. The highest BCUT2D eigenvalue weighted by atomic mass is 35.5. The summed E-state index contributed by atoms with van der Waals surface area (Å²) in [6.45, 7) is 7.03. The highest BCUT2D eigenvalue weighted by molar-refractivity contribution is 6.33. The Kier molecular flexibility index (Phi) is 4.36. The predicted molar refractivity (Wildman–Crippen MR) is 66.4 cm³/mol. The second kappa shape index (κ2) is 5.35. The van der Waals surface area contributed by atoms with Crippen LogP contribution in [0.3, 0.4) is 0 Å². The molecule has 0 aliphatic heterocycles. The summed E-state index contributed by atoms with van der Waals surface area (Å²) in [6.07, 6.45) is 1.66. The van der Waals surface area contributed by atoms with Gasteiger partial charge in [0.05, 0.1) is 17.2 Å². The largest absolute Gasteiger partial charge is 0.493 e. The number of hydrogen-bond acceptors (Lipinski definition) is 2. The van der Waals surface area contributed by atoms with E-state index in [-0.39, 0.29) is 5.41 Å². The van der Waals surface area contributed by atoms with E-state index < -0.39 is 0 Å². The van der Waals surface area contributed by atoms with Crippen molar-refractivity contribution in [3.8, 4) is 5.75 Å². The third-order valence-corrected chi connectivity index (χ3v) is 2.57. The fourth-order valence-electron chi connectivity index (χ4n) is 1.22. The van der Waals surface area contributed by atoms with E-state index in [1.165, 1.54) is 0 Å². The van der Waals surface area contributed by atoms with Crippen molar-refractivity contribution in [3.63, 3.8) is 0 Å². The van der Waals surface area contributed by atoms with Crippen LogP contribution in [0.2, 0.25) is 5.02 Å². The molecule has 1 rings (SSSR count). The zero-order valence-corrected chi connectivity index (χ0v) is 10.7. The van der Waals surface area contributed by atoms with Crippen LogP contribution in [0, 0.1) is 5.41 Å². The molecule has 2 nitrogen and oxygen atoms in total. The fourth-order valence-corrected chi connectivity index (χ4v) is 1.44. The molecule has 0 atom stereocenters. The Hall–Kier alpha value is -1.02. The topological polar surface area (TPSA) is 26.3 Å². The van der Waals surface area contributed by atoms with Gasteiger partial charge in [0, 0.05) is 0 Å². The Morgan fingerprint density at radius 1 is 1.38 bits per heavy atom. The van der Waals surface area contributed by atoms with Gasteiger partial charge in [-0.05, 0) is 24.0 Å². The van der Waals surface area contributed by atoms with Crippen LogP contribution in [-0.2, 0) is 0 Å². The molecule has 0 bridgehead atoms. The molecular weight excluding hydrogens is 224 g/mol. The average molecular weight is 241 g/mol. The summed E-state index contributed by atoms with van der Waals surface area (Å²) >= 11 is 5.89. The molecule has 0 aliphatic rings. The van der Waals surface area contributed by atoms with E-state index in [1.54, 1.807) is 18.2 Å². The van der Waals surface area contributed by atoms with Crippen LogP contribution in [0.15, 0.2) is 18.2 Å². The van der Waals surface area contributed by atoms with E-state index in [1.807, 2.05) is 0 Å².